The van der Waals surface area contributed by atoms with Crippen molar-refractivity contribution in [2.24, 2.45) is 15.7 Å². The summed E-state index contributed by atoms with van der Waals surface area (Å²) in [4.78, 5) is 23.1. The molecule has 0 spiro atoms. The molecule has 1 N–H and O–H groups in total. The first-order chi connectivity index (χ1) is 11.9. The molecule has 134 valence electrons. The van der Waals surface area contributed by atoms with Gasteiger partial charge >= 0.3 is 0 Å². The van der Waals surface area contributed by atoms with Gasteiger partial charge in [0.25, 0.3) is 5.91 Å². The summed E-state index contributed by atoms with van der Waals surface area (Å²) in [5.41, 5.74) is 1.72. The van der Waals surface area contributed by atoms with Gasteiger partial charge in [-0.3, -0.25) is 4.79 Å². The standard InChI is InChI=1S/C19H25N3O3/c1-5-11-24-22-17(14-9-7-6-8-10-14)18(23)20-13-15-12-16(25-21-15)19(2,3)4/h5-10,16H,1,11-13H2,2-4H3,(H,20,23)/b22-17-. The molecule has 0 saturated heterocycles. The molecule has 0 saturated carbocycles. The highest BCUT2D eigenvalue weighted by atomic mass is 16.6. The van der Waals surface area contributed by atoms with Crippen LogP contribution in [0.1, 0.15) is 32.8 Å². The Labute approximate surface area is 148 Å². The molecule has 1 aliphatic rings. The quantitative estimate of drug-likeness (QED) is 0.358. The average molecular weight is 343 g/mol. The van der Waals surface area contributed by atoms with E-state index in [0.717, 1.165) is 5.71 Å². The van der Waals surface area contributed by atoms with E-state index in [-0.39, 0.29) is 29.7 Å². The van der Waals surface area contributed by atoms with E-state index < -0.39 is 0 Å². The number of carbonyl (C=O) groups is 1. The van der Waals surface area contributed by atoms with Gasteiger partial charge in [0, 0.05) is 17.4 Å². The van der Waals surface area contributed by atoms with Gasteiger partial charge < -0.3 is 15.0 Å². The fraction of sp³-hybridized carbons (Fsp3) is 0.421. The Balaban J connectivity index is 1.99. The third-order valence-electron chi connectivity index (χ3n) is 3.76. The van der Waals surface area contributed by atoms with Crippen LogP contribution >= 0.6 is 0 Å². The zero-order valence-electron chi connectivity index (χ0n) is 15.0. The van der Waals surface area contributed by atoms with Gasteiger partial charge in [-0.2, -0.15) is 0 Å². The van der Waals surface area contributed by atoms with Crippen LogP contribution in [0.2, 0.25) is 0 Å². The first-order valence-corrected chi connectivity index (χ1v) is 8.28. The van der Waals surface area contributed by atoms with Gasteiger partial charge in [0.2, 0.25) is 0 Å². The van der Waals surface area contributed by atoms with E-state index in [1.165, 1.54) is 0 Å². The number of rotatable bonds is 7. The molecule has 0 aliphatic carbocycles. The van der Waals surface area contributed by atoms with Gasteiger partial charge in [-0.05, 0) is 0 Å². The molecule has 6 nitrogen and oxygen atoms in total. The molecular formula is C19H25N3O3. The smallest absolute Gasteiger partial charge is 0.274 e. The maximum atomic E-state index is 12.5. The number of benzene rings is 1. The van der Waals surface area contributed by atoms with Gasteiger partial charge in [-0.25, -0.2) is 0 Å². The van der Waals surface area contributed by atoms with Crippen LogP contribution in [0.3, 0.4) is 0 Å². The summed E-state index contributed by atoms with van der Waals surface area (Å²) in [5.74, 6) is -0.322. The van der Waals surface area contributed by atoms with Crippen LogP contribution in [0.25, 0.3) is 0 Å². The SMILES string of the molecule is C=CCO/N=C(\C(=O)NCC1=NOC(C(C)(C)C)C1)c1ccccc1. The molecule has 0 fully saturated rings. The summed E-state index contributed by atoms with van der Waals surface area (Å²) in [6.45, 7) is 10.4. The maximum Gasteiger partial charge on any atom is 0.274 e. The first kappa shape index (κ1) is 18.7. The number of nitrogens with zero attached hydrogens (tertiary/aromatic N) is 2. The third-order valence-corrected chi connectivity index (χ3v) is 3.76. The van der Waals surface area contributed by atoms with E-state index in [2.05, 4.69) is 43.0 Å². The van der Waals surface area contributed by atoms with Crippen LogP contribution in [-0.2, 0) is 14.5 Å². The van der Waals surface area contributed by atoms with E-state index in [9.17, 15) is 4.79 Å². The average Bonchev–Trinajstić information content (AvgIpc) is 3.07. The molecule has 0 radical (unpaired) electrons. The molecule has 6 heteroatoms. The minimum atomic E-state index is -0.322. The molecule has 1 heterocycles. The first-order valence-electron chi connectivity index (χ1n) is 8.28. The summed E-state index contributed by atoms with van der Waals surface area (Å²) in [7, 11) is 0. The van der Waals surface area contributed by atoms with Gasteiger partial charge in [0.1, 0.15) is 12.7 Å². The Morgan fingerprint density at radius 3 is 2.76 bits per heavy atom. The molecule has 25 heavy (non-hydrogen) atoms. The minimum Gasteiger partial charge on any atom is -0.392 e. The van der Waals surface area contributed by atoms with Crippen molar-refractivity contribution in [2.75, 3.05) is 13.2 Å². The number of nitrogens with one attached hydrogen (secondary N) is 1. The number of oxime groups is 2. The molecule has 1 unspecified atom stereocenters. The Morgan fingerprint density at radius 2 is 2.16 bits per heavy atom. The number of carbonyl (C=O) groups excluding carboxylic acids is 1. The lowest BCUT2D eigenvalue weighted by Crippen LogP contribution is -2.36. The van der Waals surface area contributed by atoms with Crippen LogP contribution in [0.15, 0.2) is 53.3 Å². The maximum absolute atomic E-state index is 12.5. The van der Waals surface area contributed by atoms with Gasteiger partial charge in [0.05, 0.1) is 12.3 Å². The zero-order valence-corrected chi connectivity index (χ0v) is 15.0. The highest BCUT2D eigenvalue weighted by Gasteiger charge is 2.32. The van der Waals surface area contributed by atoms with Crippen molar-refractivity contribution in [3.05, 3.63) is 48.6 Å². The second-order valence-corrected chi connectivity index (χ2v) is 6.89. The molecule has 1 atom stereocenters. The van der Waals surface area contributed by atoms with Crippen molar-refractivity contribution in [3.8, 4) is 0 Å². The predicted molar refractivity (Wildman–Crippen MR) is 98.5 cm³/mol. The van der Waals surface area contributed by atoms with Crippen molar-refractivity contribution in [2.45, 2.75) is 33.3 Å². The molecule has 0 aromatic heterocycles. The number of hydrogen-bond donors (Lipinski definition) is 1. The van der Waals surface area contributed by atoms with Crippen molar-refractivity contribution in [3.63, 3.8) is 0 Å². The van der Waals surface area contributed by atoms with E-state index >= 15 is 0 Å². The number of amides is 1. The van der Waals surface area contributed by atoms with E-state index in [4.69, 9.17) is 9.68 Å². The summed E-state index contributed by atoms with van der Waals surface area (Å²) in [6.07, 6.45) is 2.30. The summed E-state index contributed by atoms with van der Waals surface area (Å²) in [6, 6.07) is 9.17. The van der Waals surface area contributed by atoms with Gasteiger partial charge in [-0.1, -0.05) is 74.1 Å². The monoisotopic (exact) mass is 343 g/mol. The van der Waals surface area contributed by atoms with Gasteiger partial charge in [0.15, 0.2) is 5.71 Å². The minimum absolute atomic E-state index is 0.00441. The molecule has 2 rings (SSSR count). The lowest BCUT2D eigenvalue weighted by Gasteiger charge is -2.23. The molecule has 0 bridgehead atoms. The van der Waals surface area contributed by atoms with Crippen LogP contribution in [0, 0.1) is 5.41 Å². The van der Waals surface area contributed by atoms with Crippen LogP contribution < -0.4 is 5.32 Å². The largest absolute Gasteiger partial charge is 0.392 e. The molecular weight excluding hydrogens is 318 g/mol. The summed E-state index contributed by atoms with van der Waals surface area (Å²) >= 11 is 0. The fourth-order valence-corrected chi connectivity index (χ4v) is 2.24. The molecule has 1 aromatic rings. The Hall–Kier alpha value is -2.63. The summed E-state index contributed by atoms with van der Waals surface area (Å²) < 4.78 is 0. The molecule has 1 aromatic carbocycles. The lowest BCUT2D eigenvalue weighted by atomic mass is 9.86. The normalized spacial score (nSPS) is 17.5. The lowest BCUT2D eigenvalue weighted by molar-refractivity contribution is -0.114. The highest BCUT2D eigenvalue weighted by molar-refractivity contribution is 6.45. The molecule has 1 aliphatic heterocycles. The van der Waals surface area contributed by atoms with E-state index in [1.807, 2.05) is 30.3 Å². The van der Waals surface area contributed by atoms with Crippen molar-refractivity contribution >= 4 is 17.3 Å². The zero-order chi connectivity index (χ0) is 18.3. The van der Waals surface area contributed by atoms with Gasteiger partial charge in [-0.15, -0.1) is 0 Å². The Kier molecular flexibility index (Phi) is 6.33. The Morgan fingerprint density at radius 1 is 1.44 bits per heavy atom. The van der Waals surface area contributed by atoms with Crippen molar-refractivity contribution in [1.29, 1.82) is 0 Å². The summed E-state index contributed by atoms with van der Waals surface area (Å²) in [5, 5.41) is 10.9. The second-order valence-electron chi connectivity index (χ2n) is 6.89. The number of hydrogen-bond acceptors (Lipinski definition) is 5. The topological polar surface area (TPSA) is 72.3 Å². The van der Waals surface area contributed by atoms with Crippen molar-refractivity contribution < 1.29 is 14.5 Å². The Bertz CT molecular complexity index is 660. The van der Waals surface area contributed by atoms with Crippen LogP contribution in [0.4, 0.5) is 0 Å². The van der Waals surface area contributed by atoms with Crippen LogP contribution in [-0.4, -0.2) is 36.6 Å². The second kappa shape index (κ2) is 8.46. The van der Waals surface area contributed by atoms with E-state index in [0.29, 0.717) is 18.5 Å². The predicted octanol–water partition coefficient (Wildman–Crippen LogP) is 2.90. The molecule has 1 amide bonds. The van der Waals surface area contributed by atoms with Crippen molar-refractivity contribution in [1.82, 2.24) is 5.32 Å². The fourth-order valence-electron chi connectivity index (χ4n) is 2.24. The highest BCUT2D eigenvalue weighted by Crippen LogP contribution is 2.28. The van der Waals surface area contributed by atoms with Crippen LogP contribution in [0.5, 0.6) is 0 Å². The van der Waals surface area contributed by atoms with E-state index in [1.54, 1.807) is 6.08 Å². The third kappa shape index (κ3) is 5.45.